The van der Waals surface area contributed by atoms with E-state index < -0.39 is 0 Å². The van der Waals surface area contributed by atoms with E-state index in [1.54, 1.807) is 11.3 Å². The van der Waals surface area contributed by atoms with E-state index in [9.17, 15) is 4.79 Å². The lowest BCUT2D eigenvalue weighted by Gasteiger charge is -2.18. The molecule has 4 heteroatoms. The van der Waals surface area contributed by atoms with E-state index in [2.05, 4.69) is 30.5 Å². The fraction of sp³-hybridized carbons (Fsp3) is 0.353. The van der Waals surface area contributed by atoms with Crippen molar-refractivity contribution < 1.29 is 4.79 Å². The van der Waals surface area contributed by atoms with E-state index in [4.69, 9.17) is 0 Å². The van der Waals surface area contributed by atoms with Gasteiger partial charge in [-0.05, 0) is 44.9 Å². The van der Waals surface area contributed by atoms with Crippen molar-refractivity contribution in [3.05, 3.63) is 57.3 Å². The molecule has 1 aromatic carbocycles. The molecule has 0 saturated carbocycles. The van der Waals surface area contributed by atoms with Crippen LogP contribution in [0, 0.1) is 13.8 Å². The number of aryl methyl sites for hydroxylation is 2. The fourth-order valence-corrected chi connectivity index (χ4v) is 3.44. The van der Waals surface area contributed by atoms with Gasteiger partial charge in [0.05, 0.1) is 12.1 Å². The fourth-order valence-electron chi connectivity index (χ4n) is 2.42. The van der Waals surface area contributed by atoms with Crippen LogP contribution in [0.25, 0.3) is 0 Å². The number of carbonyl (C=O) groups excluding carboxylic acids is 1. The van der Waals surface area contributed by atoms with Crippen molar-refractivity contribution in [2.24, 2.45) is 0 Å². The number of benzene rings is 1. The van der Waals surface area contributed by atoms with E-state index in [0.717, 1.165) is 5.56 Å². The first-order valence-electron chi connectivity index (χ1n) is 7.16. The number of thiophene rings is 1. The summed E-state index contributed by atoms with van der Waals surface area (Å²) in [5.74, 6) is 0. The Kier molecular flexibility index (Phi) is 5.02. The van der Waals surface area contributed by atoms with Gasteiger partial charge in [0.15, 0.2) is 0 Å². The van der Waals surface area contributed by atoms with Crippen molar-refractivity contribution in [2.45, 2.75) is 39.8 Å². The number of hydrogen-bond acceptors (Lipinski definition) is 2. The summed E-state index contributed by atoms with van der Waals surface area (Å²) >= 11 is 1.76. The van der Waals surface area contributed by atoms with Crippen LogP contribution in [0.5, 0.6) is 0 Å². The Balaban J connectivity index is 1.94. The van der Waals surface area contributed by atoms with Gasteiger partial charge >= 0.3 is 6.03 Å². The lowest BCUT2D eigenvalue weighted by atomic mass is 10.1. The second-order valence-corrected chi connectivity index (χ2v) is 6.80. The molecule has 0 bridgehead atoms. The molecule has 0 radical (unpaired) electrons. The average molecular weight is 302 g/mol. The van der Waals surface area contributed by atoms with Gasteiger partial charge < -0.3 is 10.6 Å². The smallest absolute Gasteiger partial charge is 0.315 e. The highest BCUT2D eigenvalue weighted by Crippen LogP contribution is 2.26. The molecule has 2 atom stereocenters. The molecule has 112 valence electrons. The largest absolute Gasteiger partial charge is 0.332 e. The van der Waals surface area contributed by atoms with Gasteiger partial charge in [-0.2, -0.15) is 0 Å². The molecule has 0 aliphatic heterocycles. The SMILES string of the molecule is Cc1cc([C@H](C)NC(=O)N[C@H](C)c2ccccc2)c(C)s1. The Bertz CT molecular complexity index is 607. The lowest BCUT2D eigenvalue weighted by Crippen LogP contribution is -2.38. The van der Waals surface area contributed by atoms with Crippen LogP contribution in [-0.2, 0) is 0 Å². The minimum atomic E-state index is -0.137. The first-order valence-corrected chi connectivity index (χ1v) is 7.98. The van der Waals surface area contributed by atoms with Crippen LogP contribution in [0.1, 0.15) is 46.8 Å². The second-order valence-electron chi connectivity index (χ2n) is 5.34. The molecule has 0 unspecified atom stereocenters. The molecule has 1 aromatic heterocycles. The third kappa shape index (κ3) is 4.08. The van der Waals surface area contributed by atoms with Gasteiger partial charge in [0, 0.05) is 9.75 Å². The summed E-state index contributed by atoms with van der Waals surface area (Å²) in [5.41, 5.74) is 2.29. The zero-order valence-electron chi connectivity index (χ0n) is 12.9. The maximum atomic E-state index is 12.1. The van der Waals surface area contributed by atoms with Crippen molar-refractivity contribution in [2.75, 3.05) is 0 Å². The normalized spacial score (nSPS) is 13.5. The minimum absolute atomic E-state index is 0.0105. The Hall–Kier alpha value is -1.81. The van der Waals surface area contributed by atoms with Gasteiger partial charge in [-0.25, -0.2) is 4.79 Å². The Morgan fingerprint density at radius 2 is 1.67 bits per heavy atom. The molecule has 3 nitrogen and oxygen atoms in total. The van der Waals surface area contributed by atoms with Gasteiger partial charge in [0.1, 0.15) is 0 Å². The summed E-state index contributed by atoms with van der Waals surface area (Å²) < 4.78 is 0. The summed E-state index contributed by atoms with van der Waals surface area (Å²) in [7, 11) is 0. The summed E-state index contributed by atoms with van der Waals surface area (Å²) in [5, 5.41) is 5.98. The molecule has 0 aliphatic carbocycles. The standard InChI is InChI=1S/C17H22N2OS/c1-11-10-16(14(4)21-11)13(3)19-17(20)18-12(2)15-8-6-5-7-9-15/h5-10,12-13H,1-4H3,(H2,18,19,20)/t12-,13+/m1/s1. The van der Waals surface area contributed by atoms with E-state index in [-0.39, 0.29) is 18.1 Å². The van der Waals surface area contributed by atoms with Crippen molar-refractivity contribution in [3.8, 4) is 0 Å². The molecule has 2 aromatic rings. The summed E-state index contributed by atoms with van der Waals surface area (Å²) in [6.07, 6.45) is 0. The Morgan fingerprint density at radius 1 is 1.05 bits per heavy atom. The highest BCUT2D eigenvalue weighted by Gasteiger charge is 2.15. The quantitative estimate of drug-likeness (QED) is 0.858. The highest BCUT2D eigenvalue weighted by molar-refractivity contribution is 7.12. The molecule has 2 N–H and O–H groups in total. The van der Waals surface area contributed by atoms with Crippen molar-refractivity contribution in [3.63, 3.8) is 0 Å². The summed E-state index contributed by atoms with van der Waals surface area (Å²) in [6.45, 7) is 8.18. The highest BCUT2D eigenvalue weighted by atomic mass is 32.1. The van der Waals surface area contributed by atoms with E-state index >= 15 is 0 Å². The van der Waals surface area contributed by atoms with Crippen LogP contribution in [0.15, 0.2) is 36.4 Å². The molecule has 0 spiro atoms. The van der Waals surface area contributed by atoms with Crippen LogP contribution in [0.3, 0.4) is 0 Å². The number of hydrogen-bond donors (Lipinski definition) is 2. The third-order valence-electron chi connectivity index (χ3n) is 3.54. The van der Waals surface area contributed by atoms with E-state index in [1.165, 1.54) is 15.3 Å². The van der Waals surface area contributed by atoms with E-state index in [1.807, 2.05) is 44.2 Å². The molecule has 1 heterocycles. The van der Waals surface area contributed by atoms with Crippen molar-refractivity contribution in [1.82, 2.24) is 10.6 Å². The molecule has 0 saturated heterocycles. The zero-order valence-corrected chi connectivity index (χ0v) is 13.8. The maximum absolute atomic E-state index is 12.1. The minimum Gasteiger partial charge on any atom is -0.332 e. The molecule has 2 amide bonds. The van der Waals surface area contributed by atoms with Crippen molar-refractivity contribution in [1.29, 1.82) is 0 Å². The molecule has 0 aliphatic rings. The number of nitrogens with one attached hydrogen (secondary N) is 2. The van der Waals surface area contributed by atoms with Gasteiger partial charge in [-0.3, -0.25) is 0 Å². The molecule has 21 heavy (non-hydrogen) atoms. The Morgan fingerprint density at radius 3 is 2.24 bits per heavy atom. The van der Waals surface area contributed by atoms with Gasteiger partial charge in [0.2, 0.25) is 0 Å². The maximum Gasteiger partial charge on any atom is 0.315 e. The first-order chi connectivity index (χ1) is 9.97. The number of urea groups is 1. The number of rotatable bonds is 4. The summed E-state index contributed by atoms with van der Waals surface area (Å²) in [6, 6.07) is 12.0. The summed E-state index contributed by atoms with van der Waals surface area (Å²) in [4.78, 5) is 14.6. The predicted molar refractivity (Wildman–Crippen MR) is 88.7 cm³/mol. The van der Waals surface area contributed by atoms with Crippen LogP contribution in [0.4, 0.5) is 4.79 Å². The van der Waals surface area contributed by atoms with Gasteiger partial charge in [-0.1, -0.05) is 30.3 Å². The van der Waals surface area contributed by atoms with Crippen molar-refractivity contribution >= 4 is 17.4 Å². The zero-order chi connectivity index (χ0) is 15.4. The number of amides is 2. The van der Waals surface area contributed by atoms with Crippen LogP contribution in [0.2, 0.25) is 0 Å². The molecular formula is C17H22N2OS. The topological polar surface area (TPSA) is 41.1 Å². The third-order valence-corrected chi connectivity index (χ3v) is 4.52. The van der Waals surface area contributed by atoms with Crippen LogP contribution < -0.4 is 10.6 Å². The predicted octanol–water partition coefficient (Wildman–Crippen LogP) is 4.49. The molecular weight excluding hydrogens is 280 g/mol. The molecule has 2 rings (SSSR count). The monoisotopic (exact) mass is 302 g/mol. The Labute approximate surface area is 130 Å². The van der Waals surface area contributed by atoms with Gasteiger partial charge in [0.25, 0.3) is 0 Å². The average Bonchev–Trinajstić information content (AvgIpc) is 2.78. The first kappa shape index (κ1) is 15.6. The van der Waals surface area contributed by atoms with Crippen LogP contribution in [-0.4, -0.2) is 6.03 Å². The van der Waals surface area contributed by atoms with Crippen LogP contribution >= 0.6 is 11.3 Å². The second kappa shape index (κ2) is 6.76. The van der Waals surface area contributed by atoms with Gasteiger partial charge in [-0.15, -0.1) is 11.3 Å². The number of carbonyl (C=O) groups is 1. The lowest BCUT2D eigenvalue weighted by molar-refractivity contribution is 0.235. The molecule has 0 fully saturated rings. The van der Waals surface area contributed by atoms with E-state index in [0.29, 0.717) is 0 Å².